The van der Waals surface area contributed by atoms with E-state index in [1.165, 1.54) is 11.8 Å². The fourth-order valence-electron chi connectivity index (χ4n) is 1.61. The van der Waals surface area contributed by atoms with Crippen molar-refractivity contribution in [1.29, 1.82) is 0 Å². The maximum atomic E-state index is 11.9. The third-order valence-corrected chi connectivity index (χ3v) is 3.67. The van der Waals surface area contributed by atoms with Crippen molar-refractivity contribution in [3.63, 3.8) is 0 Å². The van der Waals surface area contributed by atoms with Crippen molar-refractivity contribution < 1.29 is 9.59 Å². The molecule has 2 amide bonds. The second-order valence-electron chi connectivity index (χ2n) is 4.22. The van der Waals surface area contributed by atoms with Gasteiger partial charge in [0.1, 0.15) is 6.33 Å². The van der Waals surface area contributed by atoms with E-state index in [-0.39, 0.29) is 17.6 Å². The van der Waals surface area contributed by atoms with Crippen LogP contribution in [0.5, 0.6) is 0 Å². The Morgan fingerprint density at radius 3 is 2.86 bits per heavy atom. The first kappa shape index (κ1) is 15.0. The minimum Gasteiger partial charge on any atom is -0.355 e. The molecule has 0 radical (unpaired) electrons. The van der Waals surface area contributed by atoms with Crippen LogP contribution in [0, 0.1) is 0 Å². The lowest BCUT2D eigenvalue weighted by Gasteiger charge is -2.06. The number of anilines is 1. The standard InChI is InChI=1S/C13H15N5O2S/c1-14-12(20)9-4-3-5-10(6-9)16-11(19)7-21-13-17-15-8-18(13)2/h3-6,8H,7H2,1-2H3,(H,14,20)(H,16,19). The molecule has 0 aliphatic carbocycles. The molecule has 0 saturated carbocycles. The van der Waals surface area contributed by atoms with E-state index < -0.39 is 0 Å². The van der Waals surface area contributed by atoms with E-state index in [0.29, 0.717) is 16.4 Å². The molecule has 21 heavy (non-hydrogen) atoms. The highest BCUT2D eigenvalue weighted by Crippen LogP contribution is 2.15. The highest BCUT2D eigenvalue weighted by Gasteiger charge is 2.09. The largest absolute Gasteiger partial charge is 0.355 e. The number of hydrogen-bond donors (Lipinski definition) is 2. The van der Waals surface area contributed by atoms with Crippen LogP contribution in [0.3, 0.4) is 0 Å². The van der Waals surface area contributed by atoms with E-state index in [1.807, 2.05) is 7.05 Å². The van der Waals surface area contributed by atoms with Gasteiger partial charge in [-0.15, -0.1) is 10.2 Å². The lowest BCUT2D eigenvalue weighted by atomic mass is 10.2. The summed E-state index contributed by atoms with van der Waals surface area (Å²) in [5.41, 5.74) is 1.08. The molecule has 2 aromatic rings. The Morgan fingerprint density at radius 1 is 1.38 bits per heavy atom. The number of nitrogens with zero attached hydrogens (tertiary/aromatic N) is 3. The average molecular weight is 305 g/mol. The maximum Gasteiger partial charge on any atom is 0.251 e. The number of aromatic nitrogens is 3. The lowest BCUT2D eigenvalue weighted by Crippen LogP contribution is -2.19. The van der Waals surface area contributed by atoms with Crippen molar-refractivity contribution in [1.82, 2.24) is 20.1 Å². The van der Waals surface area contributed by atoms with Crippen molar-refractivity contribution in [3.8, 4) is 0 Å². The van der Waals surface area contributed by atoms with E-state index in [9.17, 15) is 9.59 Å². The number of thioether (sulfide) groups is 1. The minimum absolute atomic E-state index is 0.169. The molecule has 0 fully saturated rings. The van der Waals surface area contributed by atoms with Crippen LogP contribution in [0.1, 0.15) is 10.4 Å². The Hall–Kier alpha value is -2.35. The normalized spacial score (nSPS) is 10.2. The summed E-state index contributed by atoms with van der Waals surface area (Å²) in [5.74, 6) is -0.145. The van der Waals surface area contributed by atoms with E-state index in [0.717, 1.165) is 0 Å². The summed E-state index contributed by atoms with van der Waals surface area (Å²) in [7, 11) is 3.37. The van der Waals surface area contributed by atoms with Crippen LogP contribution in [0.15, 0.2) is 35.7 Å². The van der Waals surface area contributed by atoms with Gasteiger partial charge in [0.2, 0.25) is 5.91 Å². The molecule has 0 atom stereocenters. The predicted octanol–water partition coefficient (Wildman–Crippen LogP) is 0.905. The fourth-order valence-corrected chi connectivity index (χ4v) is 2.30. The van der Waals surface area contributed by atoms with E-state index in [4.69, 9.17) is 0 Å². The summed E-state index contributed by atoms with van der Waals surface area (Å²) in [6, 6.07) is 6.76. The van der Waals surface area contributed by atoms with Gasteiger partial charge in [0.25, 0.3) is 5.91 Å². The first-order chi connectivity index (χ1) is 10.1. The second-order valence-corrected chi connectivity index (χ2v) is 5.16. The molecule has 0 spiro atoms. The number of carbonyl (C=O) groups is 2. The van der Waals surface area contributed by atoms with E-state index in [1.54, 1.807) is 42.2 Å². The minimum atomic E-state index is -0.195. The number of benzene rings is 1. The van der Waals surface area contributed by atoms with Gasteiger partial charge in [-0.05, 0) is 18.2 Å². The monoisotopic (exact) mass is 305 g/mol. The first-order valence-corrected chi connectivity index (χ1v) is 7.17. The molecular formula is C13H15N5O2S. The van der Waals surface area contributed by atoms with Gasteiger partial charge in [-0.25, -0.2) is 0 Å². The molecule has 110 valence electrons. The Bertz CT molecular complexity index is 656. The Labute approximate surface area is 126 Å². The van der Waals surface area contributed by atoms with Crippen molar-refractivity contribution in [2.75, 3.05) is 18.1 Å². The quantitative estimate of drug-likeness (QED) is 0.801. The molecule has 0 aliphatic heterocycles. The molecule has 0 unspecified atom stereocenters. The number of aryl methyl sites for hydroxylation is 1. The Kier molecular flexibility index (Phi) is 4.94. The fraction of sp³-hybridized carbons (Fsp3) is 0.231. The highest BCUT2D eigenvalue weighted by atomic mass is 32.2. The molecular weight excluding hydrogens is 290 g/mol. The zero-order valence-corrected chi connectivity index (χ0v) is 12.5. The van der Waals surface area contributed by atoms with Crippen LogP contribution in [0.25, 0.3) is 0 Å². The molecule has 0 saturated heterocycles. The van der Waals surface area contributed by atoms with Gasteiger partial charge in [0, 0.05) is 25.3 Å². The van der Waals surface area contributed by atoms with Gasteiger partial charge in [-0.3, -0.25) is 9.59 Å². The highest BCUT2D eigenvalue weighted by molar-refractivity contribution is 7.99. The second kappa shape index (κ2) is 6.89. The number of amides is 2. The molecule has 1 aromatic carbocycles. The van der Waals surface area contributed by atoms with Gasteiger partial charge < -0.3 is 15.2 Å². The summed E-state index contributed by atoms with van der Waals surface area (Å²) in [5, 5.41) is 13.6. The summed E-state index contributed by atoms with van der Waals surface area (Å²) >= 11 is 1.29. The Morgan fingerprint density at radius 2 is 2.19 bits per heavy atom. The lowest BCUT2D eigenvalue weighted by molar-refractivity contribution is -0.113. The van der Waals surface area contributed by atoms with Gasteiger partial charge in [0.15, 0.2) is 5.16 Å². The third kappa shape index (κ3) is 4.06. The molecule has 0 aliphatic rings. The molecule has 8 heteroatoms. The zero-order valence-electron chi connectivity index (χ0n) is 11.7. The van der Waals surface area contributed by atoms with Crippen molar-refractivity contribution in [3.05, 3.63) is 36.2 Å². The molecule has 2 rings (SSSR count). The maximum absolute atomic E-state index is 11.9. The van der Waals surface area contributed by atoms with E-state index in [2.05, 4.69) is 20.8 Å². The summed E-state index contributed by atoms with van der Waals surface area (Å²) in [6.45, 7) is 0. The first-order valence-electron chi connectivity index (χ1n) is 6.19. The topological polar surface area (TPSA) is 88.9 Å². The number of carbonyl (C=O) groups excluding carboxylic acids is 2. The molecule has 1 aromatic heterocycles. The zero-order chi connectivity index (χ0) is 15.2. The Balaban J connectivity index is 1.93. The van der Waals surface area contributed by atoms with E-state index >= 15 is 0 Å². The number of rotatable bonds is 5. The van der Waals surface area contributed by atoms with Crippen molar-refractivity contribution >= 4 is 29.3 Å². The molecule has 2 N–H and O–H groups in total. The van der Waals surface area contributed by atoms with Crippen LogP contribution in [-0.4, -0.2) is 39.4 Å². The molecule has 1 heterocycles. The van der Waals surface area contributed by atoms with Crippen molar-refractivity contribution in [2.45, 2.75) is 5.16 Å². The van der Waals surface area contributed by atoms with Crippen molar-refractivity contribution in [2.24, 2.45) is 7.05 Å². The van der Waals surface area contributed by atoms with Gasteiger partial charge in [-0.2, -0.15) is 0 Å². The summed E-state index contributed by atoms with van der Waals surface area (Å²) in [4.78, 5) is 23.4. The van der Waals surface area contributed by atoms with Crippen LogP contribution in [0.2, 0.25) is 0 Å². The van der Waals surface area contributed by atoms with Gasteiger partial charge in [-0.1, -0.05) is 17.8 Å². The third-order valence-electron chi connectivity index (χ3n) is 2.64. The number of nitrogens with one attached hydrogen (secondary N) is 2. The summed E-state index contributed by atoms with van der Waals surface area (Å²) < 4.78 is 1.74. The van der Waals surface area contributed by atoms with Crippen LogP contribution >= 0.6 is 11.8 Å². The average Bonchev–Trinajstić information content (AvgIpc) is 2.90. The molecule has 0 bridgehead atoms. The predicted molar refractivity (Wildman–Crippen MR) is 80.2 cm³/mol. The number of hydrogen-bond acceptors (Lipinski definition) is 5. The van der Waals surface area contributed by atoms with Crippen LogP contribution < -0.4 is 10.6 Å². The smallest absolute Gasteiger partial charge is 0.251 e. The van der Waals surface area contributed by atoms with Crippen LogP contribution in [-0.2, 0) is 11.8 Å². The van der Waals surface area contributed by atoms with Crippen LogP contribution in [0.4, 0.5) is 5.69 Å². The molecule has 7 nitrogen and oxygen atoms in total. The summed E-state index contributed by atoms with van der Waals surface area (Å²) in [6.07, 6.45) is 1.58. The van der Waals surface area contributed by atoms with Gasteiger partial charge >= 0.3 is 0 Å². The SMILES string of the molecule is CNC(=O)c1cccc(NC(=O)CSc2nncn2C)c1. The van der Waals surface area contributed by atoms with Gasteiger partial charge in [0.05, 0.1) is 5.75 Å².